The van der Waals surface area contributed by atoms with E-state index in [4.69, 9.17) is 0 Å². The van der Waals surface area contributed by atoms with E-state index < -0.39 is 0 Å². The standard InChI is InChI=1S/8Al.8ClH.20H2O.Zr/h;;;;;;;;8*1H;20*1H2;/q8*+3;;;;;;;;;;;;;;;;;;;;;;;;;;;;;+4/p-28. The van der Waals surface area contributed by atoms with Crippen LogP contribution in [-0.2, 0) is 26.2 Å². The smallest absolute Gasteiger partial charge is 1.00 e. The molecule has 0 aliphatic heterocycles. The van der Waals surface area contributed by atoms with Crippen molar-refractivity contribution in [3.05, 3.63) is 0 Å². The maximum atomic E-state index is 0. The number of halogens is 8. The van der Waals surface area contributed by atoms with Crippen LogP contribution >= 0.6 is 0 Å². The van der Waals surface area contributed by atoms with Crippen molar-refractivity contribution in [3.8, 4) is 0 Å². The molecular weight excluding hydrogens is 911 g/mol. The molecule has 0 rings (SSSR count). The zero-order valence-electron chi connectivity index (χ0n) is 17.1. The number of hydrogen-bond donors (Lipinski definition) is 0. The van der Waals surface area contributed by atoms with Crippen molar-refractivity contribution in [1.29, 1.82) is 0 Å². The molecule has 0 saturated carbocycles. The van der Waals surface area contributed by atoms with Crippen molar-refractivity contribution >= 4 is 139 Å². The molecule has 0 spiro atoms. The zero-order chi connectivity index (χ0) is 0. The summed E-state index contributed by atoms with van der Waals surface area (Å²) in [5, 5.41) is 0. The molecule has 0 aromatic rings. The van der Waals surface area contributed by atoms with Gasteiger partial charge in [0.05, 0.1) is 0 Å². The summed E-state index contributed by atoms with van der Waals surface area (Å²) in [6.45, 7) is 0. The third-order valence-corrected chi connectivity index (χ3v) is 0. The number of hydrogen-bond acceptors (Lipinski definition) is 20. The molecule has 224 valence electrons. The van der Waals surface area contributed by atoms with E-state index in [1.54, 1.807) is 0 Å². The fourth-order valence-electron chi connectivity index (χ4n) is 0. The molecule has 0 bridgehead atoms. The summed E-state index contributed by atoms with van der Waals surface area (Å²) < 4.78 is 0. The molecule has 37 heteroatoms. The van der Waals surface area contributed by atoms with Crippen LogP contribution in [0.1, 0.15) is 0 Å². The van der Waals surface area contributed by atoms with E-state index >= 15 is 0 Å². The van der Waals surface area contributed by atoms with Crippen LogP contribution in [0, 0.1) is 0 Å². The fourth-order valence-corrected chi connectivity index (χ4v) is 0. The summed E-state index contributed by atoms with van der Waals surface area (Å²) in [6, 6.07) is 0. The average Bonchev–Trinajstić information content (AvgIpc) is 0. The van der Waals surface area contributed by atoms with Gasteiger partial charge in [0.15, 0.2) is 0 Å². The normalized spacial score (nSPS) is 0. The van der Waals surface area contributed by atoms with E-state index in [9.17, 15) is 0 Å². The van der Waals surface area contributed by atoms with Crippen molar-refractivity contribution in [2.24, 2.45) is 0 Å². The van der Waals surface area contributed by atoms with Gasteiger partial charge in [0.2, 0.25) is 0 Å². The fraction of sp³-hybridized carbons (Fsp3) is 0. The molecule has 0 aromatic heterocycles. The quantitative estimate of drug-likeness (QED) is 0.204. The second kappa shape index (κ2) is 1670. The van der Waals surface area contributed by atoms with Gasteiger partial charge in [0.1, 0.15) is 0 Å². The van der Waals surface area contributed by atoms with Gasteiger partial charge in [-0.2, -0.15) is 0 Å². The largest absolute Gasteiger partial charge is 4.00 e. The molecule has 0 unspecified atom stereocenters. The van der Waals surface area contributed by atoms with Crippen molar-refractivity contribution in [2.75, 3.05) is 0 Å². The Morgan fingerprint density at radius 2 is 0.108 bits per heavy atom. The van der Waals surface area contributed by atoms with Crippen LogP contribution in [0.2, 0.25) is 0 Å². The molecule has 0 aliphatic rings. The van der Waals surface area contributed by atoms with Crippen LogP contribution in [0.25, 0.3) is 0 Å². The Morgan fingerprint density at radius 1 is 0.108 bits per heavy atom. The Kier molecular flexibility index (Phi) is 80700. The summed E-state index contributed by atoms with van der Waals surface area (Å²) in [5.74, 6) is 0. The van der Waals surface area contributed by atoms with Gasteiger partial charge < -0.3 is 209 Å². The topological polar surface area (TPSA) is 600 Å². The van der Waals surface area contributed by atoms with Crippen molar-refractivity contribution in [3.63, 3.8) is 0 Å². The molecule has 0 amide bonds. The monoisotopic (exact) mass is 926 g/mol. The van der Waals surface area contributed by atoms with Gasteiger partial charge in [0, 0.05) is 0 Å². The van der Waals surface area contributed by atoms with E-state index in [1.165, 1.54) is 0 Å². The molecule has 0 radical (unpaired) electrons. The molecule has 0 aliphatic carbocycles. The van der Waals surface area contributed by atoms with Crippen LogP contribution in [-0.4, -0.2) is 248 Å². The van der Waals surface area contributed by atoms with Crippen molar-refractivity contribution in [2.45, 2.75) is 0 Å². The summed E-state index contributed by atoms with van der Waals surface area (Å²) in [5.41, 5.74) is 0. The maximum Gasteiger partial charge on any atom is 4.00 e. The van der Waals surface area contributed by atoms with Crippen LogP contribution in [0.3, 0.4) is 0 Å². The third kappa shape index (κ3) is 1590. The first-order chi connectivity index (χ1) is 0. The molecule has 0 heterocycles. The van der Waals surface area contributed by atoms with E-state index in [2.05, 4.69) is 0 Å². The second-order valence-corrected chi connectivity index (χ2v) is 0. The Balaban J connectivity index is 0. The predicted molar refractivity (Wildman–Crippen MR) is 84.7 cm³/mol. The summed E-state index contributed by atoms with van der Waals surface area (Å²) in [4.78, 5) is 0. The van der Waals surface area contributed by atoms with E-state index in [0.29, 0.717) is 0 Å². The van der Waals surface area contributed by atoms with E-state index in [1.807, 2.05) is 0 Å². The summed E-state index contributed by atoms with van der Waals surface area (Å²) in [7, 11) is 0. The van der Waals surface area contributed by atoms with Crippen LogP contribution in [0.5, 0.6) is 0 Å². The Morgan fingerprint density at radius 3 is 0.108 bits per heavy atom. The minimum Gasteiger partial charge on any atom is -1.00 e. The molecule has 20 N–H and O–H groups in total. The van der Waals surface area contributed by atoms with Gasteiger partial charge in [0.25, 0.3) is 0 Å². The summed E-state index contributed by atoms with van der Waals surface area (Å²) in [6.07, 6.45) is 0. The Labute approximate surface area is 368 Å². The van der Waals surface area contributed by atoms with Gasteiger partial charge in [-0.25, -0.2) is 0 Å². The molecule has 0 aromatic carbocycles. The molecule has 0 saturated heterocycles. The first kappa shape index (κ1) is 1790. The number of rotatable bonds is 0. The third-order valence-electron chi connectivity index (χ3n) is 0. The maximum absolute atomic E-state index is 0. The van der Waals surface area contributed by atoms with Crippen LogP contribution in [0.4, 0.5) is 0 Å². The van der Waals surface area contributed by atoms with Crippen LogP contribution < -0.4 is 99.3 Å². The molecule has 0 atom stereocenters. The minimum atomic E-state index is 0. The Hall–Kier alpha value is 6.66. The first-order valence-electron chi connectivity index (χ1n) is 0. The predicted octanol–water partition coefficient (Wildman–Crippen LogP) is -30.6. The molecule has 0 fully saturated rings. The van der Waals surface area contributed by atoms with Gasteiger partial charge in [-0.15, -0.1) is 0 Å². The summed E-state index contributed by atoms with van der Waals surface area (Å²) >= 11 is 0. The van der Waals surface area contributed by atoms with Gasteiger partial charge >= 0.3 is 165 Å². The average molecular weight is 931 g/mol. The zero-order valence-corrected chi connectivity index (χ0v) is 34.8. The first-order valence-corrected chi connectivity index (χ1v) is 0. The van der Waals surface area contributed by atoms with E-state index in [-0.39, 0.29) is 374 Å². The van der Waals surface area contributed by atoms with Crippen molar-refractivity contribution < 1.29 is 235 Å². The van der Waals surface area contributed by atoms with Gasteiger partial charge in [-0.3, -0.25) is 0 Å². The SMILES string of the molecule is [Al+3].[Al+3].[Al+3].[Al+3].[Al+3].[Al+3].[Al+3].[Al+3].[Cl-].[Cl-].[Cl-].[Cl-].[Cl-].[Cl-].[Cl-].[Cl-].[OH-].[OH-].[OH-].[OH-].[OH-].[OH-].[OH-].[OH-].[OH-].[OH-].[OH-].[OH-].[OH-].[OH-].[OH-].[OH-].[OH-].[OH-].[OH-].[OH-].[Zr+4]. The van der Waals surface area contributed by atoms with E-state index in [0.717, 1.165) is 0 Å². The van der Waals surface area contributed by atoms with Gasteiger partial charge in [-0.05, 0) is 0 Å². The molecule has 20 nitrogen and oxygen atoms in total. The molecular formula is H20Al8Cl8O20Zr. The van der Waals surface area contributed by atoms with Crippen LogP contribution in [0.15, 0.2) is 0 Å². The minimum absolute atomic E-state index is 0. The molecule has 37 heavy (non-hydrogen) atoms. The Bertz CT molecular complexity index is 58.3. The second-order valence-electron chi connectivity index (χ2n) is 0. The van der Waals surface area contributed by atoms with Gasteiger partial charge in [-0.1, -0.05) is 0 Å². The van der Waals surface area contributed by atoms with Crippen molar-refractivity contribution in [1.82, 2.24) is 0 Å².